The summed E-state index contributed by atoms with van der Waals surface area (Å²) in [5, 5.41) is 3.60. The first kappa shape index (κ1) is 10.2. The maximum atomic E-state index is 3.60. The predicted molar refractivity (Wildman–Crippen MR) is 63.5 cm³/mol. The van der Waals surface area contributed by atoms with Crippen LogP contribution in [-0.2, 0) is 0 Å². The minimum absolute atomic E-state index is 0.481. The maximum Gasteiger partial charge on any atom is 0.0294 e. The predicted octanol–water partition coefficient (Wildman–Crippen LogP) is 3.57. The molecule has 1 aromatic rings. The Hall–Kier alpha value is -0.340. The molecule has 1 aliphatic carbocycles. The molecule has 1 N–H and O–H groups in total. The van der Waals surface area contributed by atoms with E-state index in [0.29, 0.717) is 6.04 Å². The van der Waals surface area contributed by atoms with Crippen LogP contribution in [0.3, 0.4) is 0 Å². The van der Waals surface area contributed by atoms with Crippen LogP contribution in [0.5, 0.6) is 0 Å². The average molecular weight is 254 g/mol. The van der Waals surface area contributed by atoms with E-state index in [-0.39, 0.29) is 0 Å². The zero-order valence-electron chi connectivity index (χ0n) is 8.68. The Balaban J connectivity index is 2.10. The number of benzene rings is 1. The standard InChI is InChI=1S/C12H16BrN/c1-8-7-10(3-6-12(8)13)9(2)14-11-4-5-11/h3,6-7,9,11,14H,4-5H2,1-2H3. The summed E-state index contributed by atoms with van der Waals surface area (Å²) in [6, 6.07) is 7.83. The first-order valence-electron chi connectivity index (χ1n) is 5.19. The molecule has 0 amide bonds. The van der Waals surface area contributed by atoms with Gasteiger partial charge in [0, 0.05) is 16.6 Å². The van der Waals surface area contributed by atoms with Gasteiger partial charge in [-0.15, -0.1) is 0 Å². The number of hydrogen-bond donors (Lipinski definition) is 1. The van der Waals surface area contributed by atoms with E-state index in [2.05, 4.69) is 53.3 Å². The lowest BCUT2D eigenvalue weighted by Gasteiger charge is -2.14. The van der Waals surface area contributed by atoms with E-state index < -0.39 is 0 Å². The summed E-state index contributed by atoms with van der Waals surface area (Å²) >= 11 is 3.52. The second-order valence-electron chi connectivity index (χ2n) is 4.17. The molecule has 1 fully saturated rings. The van der Waals surface area contributed by atoms with Crippen LogP contribution in [-0.4, -0.2) is 6.04 Å². The smallest absolute Gasteiger partial charge is 0.0294 e. The molecule has 1 atom stereocenters. The highest BCUT2D eigenvalue weighted by molar-refractivity contribution is 9.10. The van der Waals surface area contributed by atoms with Gasteiger partial charge in [-0.2, -0.15) is 0 Å². The van der Waals surface area contributed by atoms with Crippen molar-refractivity contribution < 1.29 is 0 Å². The molecule has 0 radical (unpaired) electrons. The molecule has 14 heavy (non-hydrogen) atoms. The highest BCUT2D eigenvalue weighted by Crippen LogP contribution is 2.26. The number of halogens is 1. The van der Waals surface area contributed by atoms with Crippen molar-refractivity contribution >= 4 is 15.9 Å². The highest BCUT2D eigenvalue weighted by Gasteiger charge is 2.23. The second-order valence-corrected chi connectivity index (χ2v) is 5.03. The SMILES string of the molecule is Cc1cc(C(C)NC2CC2)ccc1Br. The van der Waals surface area contributed by atoms with E-state index in [9.17, 15) is 0 Å². The molecule has 0 bridgehead atoms. The molecule has 1 unspecified atom stereocenters. The zero-order valence-corrected chi connectivity index (χ0v) is 10.3. The van der Waals surface area contributed by atoms with Crippen LogP contribution in [0.25, 0.3) is 0 Å². The first-order valence-corrected chi connectivity index (χ1v) is 5.98. The number of nitrogens with one attached hydrogen (secondary N) is 1. The van der Waals surface area contributed by atoms with Crippen LogP contribution in [0.4, 0.5) is 0 Å². The minimum Gasteiger partial charge on any atom is -0.307 e. The van der Waals surface area contributed by atoms with Gasteiger partial charge in [-0.1, -0.05) is 28.1 Å². The summed E-state index contributed by atoms with van der Waals surface area (Å²) in [6.45, 7) is 4.37. The van der Waals surface area contributed by atoms with Crippen LogP contribution in [0.15, 0.2) is 22.7 Å². The highest BCUT2D eigenvalue weighted by atomic mass is 79.9. The molecule has 0 aliphatic heterocycles. The fraction of sp³-hybridized carbons (Fsp3) is 0.500. The van der Waals surface area contributed by atoms with Crippen molar-refractivity contribution in [1.82, 2.24) is 5.32 Å². The molecule has 0 aromatic heterocycles. The van der Waals surface area contributed by atoms with Crippen molar-refractivity contribution in [3.63, 3.8) is 0 Å². The van der Waals surface area contributed by atoms with E-state index in [1.54, 1.807) is 0 Å². The van der Waals surface area contributed by atoms with Gasteiger partial charge in [-0.3, -0.25) is 0 Å². The van der Waals surface area contributed by atoms with Crippen molar-refractivity contribution in [2.75, 3.05) is 0 Å². The molecular weight excluding hydrogens is 238 g/mol. The van der Waals surface area contributed by atoms with Gasteiger partial charge in [0.05, 0.1) is 0 Å². The van der Waals surface area contributed by atoms with Crippen molar-refractivity contribution in [2.24, 2.45) is 0 Å². The van der Waals surface area contributed by atoms with Crippen LogP contribution >= 0.6 is 15.9 Å². The third kappa shape index (κ3) is 2.37. The second kappa shape index (κ2) is 4.03. The van der Waals surface area contributed by atoms with Gasteiger partial charge >= 0.3 is 0 Å². The Kier molecular flexibility index (Phi) is 2.93. The quantitative estimate of drug-likeness (QED) is 0.869. The summed E-state index contributed by atoms with van der Waals surface area (Å²) in [5.74, 6) is 0. The van der Waals surface area contributed by atoms with E-state index in [1.807, 2.05) is 0 Å². The Morgan fingerprint density at radius 1 is 1.43 bits per heavy atom. The molecular formula is C12H16BrN. The minimum atomic E-state index is 0.481. The van der Waals surface area contributed by atoms with Gasteiger partial charge in [-0.05, 0) is 43.9 Å². The monoisotopic (exact) mass is 253 g/mol. The fourth-order valence-corrected chi connectivity index (χ4v) is 1.88. The van der Waals surface area contributed by atoms with Crippen molar-refractivity contribution in [2.45, 2.75) is 38.8 Å². The molecule has 76 valence electrons. The number of hydrogen-bond acceptors (Lipinski definition) is 1. The van der Waals surface area contributed by atoms with Crippen LogP contribution in [0.2, 0.25) is 0 Å². The van der Waals surface area contributed by atoms with Crippen LogP contribution in [0, 0.1) is 6.92 Å². The van der Waals surface area contributed by atoms with Crippen molar-refractivity contribution in [3.05, 3.63) is 33.8 Å². The van der Waals surface area contributed by atoms with Gasteiger partial charge in [0.25, 0.3) is 0 Å². The molecule has 2 heteroatoms. The third-order valence-electron chi connectivity index (χ3n) is 2.75. The summed E-state index contributed by atoms with van der Waals surface area (Å²) in [6.07, 6.45) is 2.69. The largest absolute Gasteiger partial charge is 0.307 e. The normalized spacial score (nSPS) is 18.2. The number of aryl methyl sites for hydroxylation is 1. The zero-order chi connectivity index (χ0) is 10.1. The van der Waals surface area contributed by atoms with Crippen LogP contribution in [0.1, 0.15) is 36.9 Å². The number of rotatable bonds is 3. The molecule has 0 heterocycles. The Bertz CT molecular complexity index is 331. The molecule has 1 aliphatic rings. The Morgan fingerprint density at radius 2 is 2.14 bits per heavy atom. The van der Waals surface area contributed by atoms with E-state index in [4.69, 9.17) is 0 Å². The summed E-state index contributed by atoms with van der Waals surface area (Å²) in [7, 11) is 0. The van der Waals surface area contributed by atoms with Gasteiger partial charge in [-0.25, -0.2) is 0 Å². The Labute approximate surface area is 94.0 Å². The van der Waals surface area contributed by atoms with E-state index in [0.717, 1.165) is 6.04 Å². The molecule has 1 saturated carbocycles. The topological polar surface area (TPSA) is 12.0 Å². The lowest BCUT2D eigenvalue weighted by molar-refractivity contribution is 0.571. The molecule has 1 aromatic carbocycles. The molecule has 0 spiro atoms. The van der Waals surface area contributed by atoms with Crippen molar-refractivity contribution in [1.29, 1.82) is 0 Å². The van der Waals surface area contributed by atoms with Crippen LogP contribution < -0.4 is 5.32 Å². The first-order chi connectivity index (χ1) is 6.66. The van der Waals surface area contributed by atoms with Gasteiger partial charge in [0.1, 0.15) is 0 Å². The Morgan fingerprint density at radius 3 is 2.71 bits per heavy atom. The van der Waals surface area contributed by atoms with E-state index >= 15 is 0 Å². The van der Waals surface area contributed by atoms with Crippen molar-refractivity contribution in [3.8, 4) is 0 Å². The molecule has 2 rings (SSSR count). The average Bonchev–Trinajstić information content (AvgIpc) is 2.93. The lowest BCUT2D eigenvalue weighted by atomic mass is 10.1. The molecule has 1 nitrogen and oxygen atoms in total. The van der Waals surface area contributed by atoms with E-state index in [1.165, 1.54) is 28.4 Å². The summed E-state index contributed by atoms with van der Waals surface area (Å²) in [5.41, 5.74) is 2.70. The summed E-state index contributed by atoms with van der Waals surface area (Å²) in [4.78, 5) is 0. The third-order valence-corrected chi connectivity index (χ3v) is 3.63. The maximum absolute atomic E-state index is 3.60. The fourth-order valence-electron chi connectivity index (χ4n) is 1.64. The van der Waals surface area contributed by atoms with Gasteiger partial charge < -0.3 is 5.32 Å². The lowest BCUT2D eigenvalue weighted by Crippen LogP contribution is -2.20. The molecule has 0 saturated heterocycles. The van der Waals surface area contributed by atoms with Gasteiger partial charge in [0.15, 0.2) is 0 Å². The van der Waals surface area contributed by atoms with Gasteiger partial charge in [0.2, 0.25) is 0 Å². The summed E-state index contributed by atoms with van der Waals surface area (Å²) < 4.78 is 1.19.